The first-order valence-electron chi connectivity index (χ1n) is 9.57. The topological polar surface area (TPSA) is 59.4 Å². The van der Waals surface area contributed by atoms with Gasteiger partial charge >= 0.3 is 0 Å². The number of aromatic nitrogens is 1. The second-order valence-corrected chi connectivity index (χ2v) is 8.78. The number of nitrogens with zero attached hydrogens (tertiary/aromatic N) is 2. The highest BCUT2D eigenvalue weighted by Crippen LogP contribution is 2.14. The molecule has 0 bridgehead atoms. The van der Waals surface area contributed by atoms with Gasteiger partial charge in [-0.1, -0.05) is 32.9 Å². The van der Waals surface area contributed by atoms with E-state index in [0.29, 0.717) is 27.8 Å². The molecule has 7 heteroatoms. The summed E-state index contributed by atoms with van der Waals surface area (Å²) < 4.78 is 15.6. The first-order chi connectivity index (χ1) is 13.6. The van der Waals surface area contributed by atoms with Crippen molar-refractivity contribution in [3.8, 4) is 0 Å². The summed E-state index contributed by atoms with van der Waals surface area (Å²) in [5.41, 5.74) is -0.438. The summed E-state index contributed by atoms with van der Waals surface area (Å²) in [7, 11) is 0. The maximum absolute atomic E-state index is 13.5. The minimum atomic E-state index is -0.611. The molecular formula is C22H27FN2O3S. The van der Waals surface area contributed by atoms with Crippen LogP contribution in [-0.4, -0.2) is 34.2 Å². The van der Waals surface area contributed by atoms with Crippen molar-refractivity contribution in [2.45, 2.75) is 41.2 Å². The fraction of sp³-hybridized carbons (Fsp3) is 0.409. The van der Waals surface area contributed by atoms with E-state index in [1.54, 1.807) is 43.9 Å². The minimum Gasteiger partial charge on any atom is -0.342 e. The number of Topliss-reactive ketones (excluding diaryl/α,β-unsaturated/α-hetero) is 1. The number of hydrogen-bond acceptors (Lipinski definition) is 4. The van der Waals surface area contributed by atoms with Crippen LogP contribution in [0.2, 0.25) is 0 Å². The fourth-order valence-electron chi connectivity index (χ4n) is 2.68. The Morgan fingerprint density at radius 1 is 1.21 bits per heavy atom. The molecule has 156 valence electrons. The van der Waals surface area contributed by atoms with Crippen molar-refractivity contribution >= 4 is 35.2 Å². The van der Waals surface area contributed by atoms with Gasteiger partial charge in [-0.15, -0.1) is 11.3 Å². The Hall–Kier alpha value is -2.54. The minimum absolute atomic E-state index is 0.139. The van der Waals surface area contributed by atoms with Crippen LogP contribution in [0.15, 0.2) is 29.1 Å². The van der Waals surface area contributed by atoms with Crippen molar-refractivity contribution in [1.82, 2.24) is 9.47 Å². The van der Waals surface area contributed by atoms with E-state index in [4.69, 9.17) is 0 Å². The Balaban J connectivity index is 2.65. The van der Waals surface area contributed by atoms with E-state index in [1.807, 2.05) is 13.8 Å². The third kappa shape index (κ3) is 5.73. The number of hydrogen-bond donors (Lipinski definition) is 0. The van der Waals surface area contributed by atoms with Gasteiger partial charge in [0, 0.05) is 24.6 Å². The molecule has 0 N–H and O–H groups in total. The van der Waals surface area contributed by atoms with Crippen molar-refractivity contribution in [2.24, 2.45) is 5.41 Å². The van der Waals surface area contributed by atoms with E-state index in [0.717, 1.165) is 11.3 Å². The summed E-state index contributed by atoms with van der Waals surface area (Å²) in [5, 5.41) is 0. The fourth-order valence-corrected chi connectivity index (χ4v) is 3.72. The van der Waals surface area contributed by atoms with Crippen molar-refractivity contribution < 1.29 is 14.0 Å². The largest absolute Gasteiger partial charge is 0.342 e. The van der Waals surface area contributed by atoms with Gasteiger partial charge in [0.2, 0.25) is 5.91 Å². The lowest BCUT2D eigenvalue weighted by molar-refractivity contribution is -0.131. The number of thiazole rings is 1. The summed E-state index contributed by atoms with van der Waals surface area (Å²) in [4.78, 5) is 39.7. The summed E-state index contributed by atoms with van der Waals surface area (Å²) in [5.74, 6) is -0.729. The molecule has 2 aromatic rings. The molecular weight excluding hydrogens is 391 g/mol. The van der Waals surface area contributed by atoms with Gasteiger partial charge in [0.05, 0.1) is 4.53 Å². The number of carbonyl (C=O) groups is 2. The lowest BCUT2D eigenvalue weighted by Gasteiger charge is -2.18. The van der Waals surface area contributed by atoms with E-state index >= 15 is 0 Å². The predicted molar refractivity (Wildman–Crippen MR) is 115 cm³/mol. The van der Waals surface area contributed by atoms with Gasteiger partial charge in [-0.3, -0.25) is 19.0 Å². The van der Waals surface area contributed by atoms with Gasteiger partial charge in [-0.2, -0.15) is 0 Å². The highest BCUT2D eigenvalue weighted by atomic mass is 32.1. The van der Waals surface area contributed by atoms with E-state index in [9.17, 15) is 18.8 Å². The van der Waals surface area contributed by atoms with E-state index in [2.05, 4.69) is 0 Å². The van der Waals surface area contributed by atoms with E-state index < -0.39 is 11.2 Å². The SMILES string of the molecule is CCN(CC)C(=O)Cn1c(=O)/c(=C\c2cccc(F)c2)s/c1=C\C(=O)C(C)(C)C. The lowest BCUT2D eigenvalue weighted by Crippen LogP contribution is -2.40. The maximum atomic E-state index is 13.5. The van der Waals surface area contributed by atoms with E-state index in [1.165, 1.54) is 22.8 Å². The van der Waals surface area contributed by atoms with Crippen LogP contribution in [0, 0.1) is 11.2 Å². The first-order valence-corrected chi connectivity index (χ1v) is 10.4. The van der Waals surface area contributed by atoms with Crippen molar-refractivity contribution in [2.75, 3.05) is 13.1 Å². The first kappa shape index (κ1) is 22.7. The van der Waals surface area contributed by atoms with Crippen LogP contribution in [0.4, 0.5) is 4.39 Å². The number of likely N-dealkylation sites (N-methyl/N-ethyl adjacent to an activating group) is 1. The molecule has 1 amide bonds. The highest BCUT2D eigenvalue weighted by molar-refractivity contribution is 7.07. The molecule has 0 aliphatic heterocycles. The average Bonchev–Trinajstić information content (AvgIpc) is 2.91. The molecule has 0 spiro atoms. The second kappa shape index (κ2) is 9.31. The van der Waals surface area contributed by atoms with Gasteiger partial charge in [-0.25, -0.2) is 4.39 Å². The molecule has 5 nitrogen and oxygen atoms in total. The van der Waals surface area contributed by atoms with Crippen LogP contribution in [0.25, 0.3) is 12.2 Å². The zero-order valence-electron chi connectivity index (χ0n) is 17.5. The Morgan fingerprint density at radius 3 is 2.41 bits per heavy atom. The molecule has 0 atom stereocenters. The van der Waals surface area contributed by atoms with Gasteiger partial charge < -0.3 is 4.90 Å². The molecule has 0 unspecified atom stereocenters. The molecule has 29 heavy (non-hydrogen) atoms. The molecule has 0 saturated heterocycles. The van der Waals surface area contributed by atoms with Gasteiger partial charge in [-0.05, 0) is 37.6 Å². The lowest BCUT2D eigenvalue weighted by atomic mass is 9.91. The predicted octanol–water partition coefficient (Wildman–Crippen LogP) is 2.14. The number of halogens is 1. The van der Waals surface area contributed by atoms with Crippen LogP contribution in [0.3, 0.4) is 0 Å². The summed E-state index contributed by atoms with van der Waals surface area (Å²) in [6.45, 7) is 10.1. The normalized spacial score (nSPS) is 13.0. The Bertz CT molecular complexity index is 1070. The van der Waals surface area contributed by atoms with Gasteiger partial charge in [0.15, 0.2) is 5.78 Å². The maximum Gasteiger partial charge on any atom is 0.269 e. The molecule has 1 aromatic carbocycles. The number of rotatable bonds is 6. The van der Waals surface area contributed by atoms with Crippen LogP contribution < -0.4 is 14.8 Å². The van der Waals surface area contributed by atoms with Gasteiger partial charge in [0.1, 0.15) is 17.0 Å². The van der Waals surface area contributed by atoms with Crippen LogP contribution >= 0.6 is 11.3 Å². The Labute approximate surface area is 173 Å². The smallest absolute Gasteiger partial charge is 0.269 e. The molecule has 2 rings (SSSR count). The Morgan fingerprint density at radius 2 is 1.86 bits per heavy atom. The molecule has 1 heterocycles. The molecule has 1 aromatic heterocycles. The summed E-state index contributed by atoms with van der Waals surface area (Å²) in [6.07, 6.45) is 3.00. The number of ketones is 1. The second-order valence-electron chi connectivity index (χ2n) is 7.72. The van der Waals surface area contributed by atoms with Crippen molar-refractivity contribution in [3.05, 3.63) is 55.2 Å². The standard InChI is InChI=1S/C22H27FN2O3S/c1-6-24(7-2)19(27)14-25-20(13-18(26)22(3,4)5)29-17(21(25)28)12-15-9-8-10-16(23)11-15/h8-13H,6-7,14H2,1-5H3/b17-12+,20-13-. The molecule has 0 fully saturated rings. The number of carbonyl (C=O) groups excluding carboxylic acids is 2. The molecule has 0 saturated carbocycles. The van der Waals surface area contributed by atoms with Crippen LogP contribution in [0.1, 0.15) is 40.2 Å². The monoisotopic (exact) mass is 418 g/mol. The zero-order chi connectivity index (χ0) is 21.8. The molecule has 0 aliphatic carbocycles. The zero-order valence-corrected chi connectivity index (χ0v) is 18.3. The molecule has 0 aliphatic rings. The number of benzene rings is 1. The number of amides is 1. The Kier molecular flexibility index (Phi) is 7.30. The van der Waals surface area contributed by atoms with E-state index in [-0.39, 0.29) is 23.8 Å². The molecule has 0 radical (unpaired) electrons. The third-order valence-corrected chi connectivity index (χ3v) is 5.55. The van der Waals surface area contributed by atoms with Crippen molar-refractivity contribution in [3.63, 3.8) is 0 Å². The van der Waals surface area contributed by atoms with Crippen LogP contribution in [-0.2, 0) is 16.1 Å². The quantitative estimate of drug-likeness (QED) is 0.722. The average molecular weight is 419 g/mol. The highest BCUT2D eigenvalue weighted by Gasteiger charge is 2.20. The summed E-state index contributed by atoms with van der Waals surface area (Å²) in [6, 6.07) is 5.91. The summed E-state index contributed by atoms with van der Waals surface area (Å²) >= 11 is 1.13. The van der Waals surface area contributed by atoms with Crippen molar-refractivity contribution in [1.29, 1.82) is 0 Å². The van der Waals surface area contributed by atoms with Crippen LogP contribution in [0.5, 0.6) is 0 Å². The third-order valence-electron chi connectivity index (χ3n) is 4.49. The van der Waals surface area contributed by atoms with Gasteiger partial charge in [0.25, 0.3) is 5.56 Å².